The molecule has 9 heteroatoms. The molecule has 132 valence electrons. The molecule has 0 aliphatic rings. The molecular weight excluding hydrogens is 344 g/mol. The highest BCUT2D eigenvalue weighted by Gasteiger charge is 2.05. The van der Waals surface area contributed by atoms with E-state index in [1.165, 1.54) is 18.5 Å². The number of nitrogens with two attached hydrogens (primary N) is 1. The fourth-order valence-electron chi connectivity index (χ4n) is 1.90. The molecule has 8 nitrogen and oxygen atoms in total. The zero-order valence-corrected chi connectivity index (χ0v) is 14.1. The Balaban J connectivity index is 1.84. The Hall–Kier alpha value is -2.91. The first-order valence-corrected chi connectivity index (χ1v) is 8.70. The van der Waals surface area contributed by atoms with Gasteiger partial charge in [0.25, 0.3) is 0 Å². The molecule has 0 fully saturated rings. The summed E-state index contributed by atoms with van der Waals surface area (Å²) in [6.07, 6.45) is 2.42. The summed E-state index contributed by atoms with van der Waals surface area (Å²) in [6, 6.07) is 13.9. The SMILES string of the molecule is N=C/N=C\NCc1ccc(COc2ccc(OS(N)(=O)=O)cc2)cc1. The summed E-state index contributed by atoms with van der Waals surface area (Å²) in [5.74, 6) is 0.702. The van der Waals surface area contributed by atoms with Crippen LogP contribution < -0.4 is 19.4 Å². The summed E-state index contributed by atoms with van der Waals surface area (Å²) in [5, 5.41) is 14.5. The minimum atomic E-state index is -4.02. The van der Waals surface area contributed by atoms with Crippen LogP contribution in [0.25, 0.3) is 0 Å². The number of nitrogens with zero attached hydrogens (tertiary/aromatic N) is 1. The Kier molecular flexibility index (Phi) is 6.49. The van der Waals surface area contributed by atoms with Crippen LogP contribution in [-0.4, -0.2) is 21.1 Å². The first-order chi connectivity index (χ1) is 12.0. The van der Waals surface area contributed by atoms with Gasteiger partial charge in [0.2, 0.25) is 0 Å². The van der Waals surface area contributed by atoms with E-state index in [4.69, 9.17) is 15.3 Å². The lowest BCUT2D eigenvalue weighted by atomic mass is 10.1. The first kappa shape index (κ1) is 18.4. The molecule has 0 unspecified atom stereocenters. The van der Waals surface area contributed by atoms with E-state index in [0.717, 1.165) is 17.5 Å². The van der Waals surface area contributed by atoms with Gasteiger partial charge in [0.05, 0.1) is 6.34 Å². The second-order valence-corrected chi connectivity index (χ2v) is 6.09. The second kappa shape index (κ2) is 8.81. The van der Waals surface area contributed by atoms with Gasteiger partial charge in [-0.25, -0.2) is 4.99 Å². The van der Waals surface area contributed by atoms with Gasteiger partial charge in [0, 0.05) is 6.54 Å². The van der Waals surface area contributed by atoms with Crippen molar-refractivity contribution in [2.45, 2.75) is 13.2 Å². The maximum absolute atomic E-state index is 10.8. The topological polar surface area (TPSA) is 127 Å². The van der Waals surface area contributed by atoms with Gasteiger partial charge in [-0.05, 0) is 35.4 Å². The fourth-order valence-corrected chi connectivity index (χ4v) is 2.28. The van der Waals surface area contributed by atoms with Gasteiger partial charge >= 0.3 is 10.3 Å². The first-order valence-electron chi connectivity index (χ1n) is 7.23. The minimum Gasteiger partial charge on any atom is -0.489 e. The summed E-state index contributed by atoms with van der Waals surface area (Å²) in [7, 11) is -4.02. The van der Waals surface area contributed by atoms with Crippen molar-refractivity contribution < 1.29 is 17.3 Å². The van der Waals surface area contributed by atoms with E-state index in [-0.39, 0.29) is 5.75 Å². The number of aliphatic imine (C=N–C) groups is 1. The third-order valence-corrected chi connectivity index (χ3v) is 3.44. The van der Waals surface area contributed by atoms with Crippen LogP contribution in [0.5, 0.6) is 11.5 Å². The standard InChI is InChI=1S/C16H18N4O4S/c17-11-20-12-19-9-13-1-3-14(4-2-13)10-23-15-5-7-16(8-6-15)24-25(18,21)22/h1-8,11-12H,9-10H2,(H2,17,19,20)(H2,18,21,22). The summed E-state index contributed by atoms with van der Waals surface area (Å²) < 4.78 is 31.8. The Morgan fingerprint density at radius 3 is 2.24 bits per heavy atom. The van der Waals surface area contributed by atoms with Crippen molar-refractivity contribution in [1.82, 2.24) is 5.32 Å². The van der Waals surface area contributed by atoms with E-state index in [1.807, 2.05) is 24.3 Å². The molecule has 4 N–H and O–H groups in total. The van der Waals surface area contributed by atoms with E-state index < -0.39 is 10.3 Å². The van der Waals surface area contributed by atoms with Gasteiger partial charge in [-0.1, -0.05) is 24.3 Å². The summed E-state index contributed by atoms with van der Waals surface area (Å²) in [5.41, 5.74) is 2.06. The van der Waals surface area contributed by atoms with Crippen molar-refractivity contribution in [3.8, 4) is 11.5 Å². The molecule has 0 aliphatic carbocycles. The molecule has 25 heavy (non-hydrogen) atoms. The lowest BCUT2D eigenvalue weighted by Gasteiger charge is -2.08. The van der Waals surface area contributed by atoms with Gasteiger partial charge < -0.3 is 14.2 Å². The number of rotatable bonds is 9. The highest BCUT2D eigenvalue weighted by Crippen LogP contribution is 2.19. The van der Waals surface area contributed by atoms with Crippen molar-refractivity contribution in [1.29, 1.82) is 5.41 Å². The molecule has 0 amide bonds. The molecule has 0 spiro atoms. The van der Waals surface area contributed by atoms with E-state index in [9.17, 15) is 8.42 Å². The van der Waals surface area contributed by atoms with Crippen LogP contribution in [-0.2, 0) is 23.5 Å². The normalized spacial score (nSPS) is 11.2. The zero-order valence-electron chi connectivity index (χ0n) is 13.3. The number of hydrogen-bond donors (Lipinski definition) is 3. The van der Waals surface area contributed by atoms with Crippen molar-refractivity contribution >= 4 is 23.0 Å². The lowest BCUT2D eigenvalue weighted by Crippen LogP contribution is -2.18. The van der Waals surface area contributed by atoms with Crippen LogP contribution in [0, 0.1) is 5.41 Å². The van der Waals surface area contributed by atoms with Gasteiger partial charge in [-0.15, -0.1) is 0 Å². The van der Waals surface area contributed by atoms with E-state index in [2.05, 4.69) is 14.5 Å². The number of benzene rings is 2. The van der Waals surface area contributed by atoms with Gasteiger partial charge in [-0.2, -0.15) is 13.6 Å². The third-order valence-electron chi connectivity index (χ3n) is 3.01. The molecule has 2 aromatic carbocycles. The molecule has 0 heterocycles. The van der Waals surface area contributed by atoms with E-state index >= 15 is 0 Å². The van der Waals surface area contributed by atoms with Gasteiger partial charge in [0.1, 0.15) is 24.4 Å². The van der Waals surface area contributed by atoms with Crippen LogP contribution in [0.15, 0.2) is 53.5 Å². The van der Waals surface area contributed by atoms with Crippen LogP contribution in [0.2, 0.25) is 0 Å². The maximum atomic E-state index is 10.8. The van der Waals surface area contributed by atoms with Gasteiger partial charge in [-0.3, -0.25) is 5.41 Å². The summed E-state index contributed by atoms with van der Waals surface area (Å²) in [6.45, 7) is 0.988. The predicted molar refractivity (Wildman–Crippen MR) is 95.1 cm³/mol. The van der Waals surface area contributed by atoms with Gasteiger partial charge in [0.15, 0.2) is 0 Å². The maximum Gasteiger partial charge on any atom is 0.380 e. The predicted octanol–water partition coefficient (Wildman–Crippen LogP) is 1.57. The number of hydrogen-bond acceptors (Lipinski definition) is 5. The molecule has 2 aromatic rings. The highest BCUT2D eigenvalue weighted by molar-refractivity contribution is 7.84. The second-order valence-electron chi connectivity index (χ2n) is 4.94. The lowest BCUT2D eigenvalue weighted by molar-refractivity contribution is 0.306. The Morgan fingerprint density at radius 1 is 1.04 bits per heavy atom. The number of ether oxygens (including phenoxy) is 1. The zero-order chi connectivity index (χ0) is 18.1. The number of nitrogens with one attached hydrogen (secondary N) is 2. The van der Waals surface area contributed by atoms with Crippen LogP contribution in [0.1, 0.15) is 11.1 Å². The Bertz CT molecular complexity index is 818. The van der Waals surface area contributed by atoms with Crippen molar-refractivity contribution in [3.63, 3.8) is 0 Å². The van der Waals surface area contributed by atoms with E-state index in [0.29, 0.717) is 18.9 Å². The van der Waals surface area contributed by atoms with Crippen molar-refractivity contribution in [2.24, 2.45) is 10.1 Å². The minimum absolute atomic E-state index is 0.123. The Morgan fingerprint density at radius 2 is 1.64 bits per heavy atom. The van der Waals surface area contributed by atoms with Crippen molar-refractivity contribution in [2.75, 3.05) is 0 Å². The third kappa shape index (κ3) is 7.02. The Labute approximate surface area is 146 Å². The van der Waals surface area contributed by atoms with Crippen LogP contribution in [0.3, 0.4) is 0 Å². The van der Waals surface area contributed by atoms with Crippen LogP contribution >= 0.6 is 0 Å². The fraction of sp³-hybridized carbons (Fsp3) is 0.125. The molecule has 0 atom stereocenters. The average molecular weight is 362 g/mol. The molecule has 0 saturated heterocycles. The molecule has 0 radical (unpaired) electrons. The molecule has 0 aliphatic heterocycles. The largest absolute Gasteiger partial charge is 0.489 e. The average Bonchev–Trinajstić information content (AvgIpc) is 2.58. The van der Waals surface area contributed by atoms with E-state index in [1.54, 1.807) is 12.1 Å². The summed E-state index contributed by atoms with van der Waals surface area (Å²) >= 11 is 0. The van der Waals surface area contributed by atoms with Crippen molar-refractivity contribution in [3.05, 3.63) is 59.7 Å². The molecular formula is C16H18N4O4S. The molecule has 0 bridgehead atoms. The molecule has 2 rings (SSSR count). The monoisotopic (exact) mass is 362 g/mol. The summed E-state index contributed by atoms with van der Waals surface area (Å²) in [4.78, 5) is 3.63. The molecule has 0 saturated carbocycles. The molecule has 0 aromatic heterocycles. The quantitative estimate of drug-likeness (QED) is 0.461. The smallest absolute Gasteiger partial charge is 0.380 e. The highest BCUT2D eigenvalue weighted by atomic mass is 32.2. The van der Waals surface area contributed by atoms with Crippen LogP contribution in [0.4, 0.5) is 0 Å².